The quantitative estimate of drug-likeness (QED) is 0.768. The molecule has 0 bridgehead atoms. The molecule has 2 aromatic heterocycles. The van der Waals surface area contributed by atoms with Gasteiger partial charge in [0.05, 0.1) is 29.1 Å². The van der Waals surface area contributed by atoms with Gasteiger partial charge in [-0.05, 0) is 6.07 Å². The van der Waals surface area contributed by atoms with Crippen LogP contribution in [0.25, 0.3) is 10.9 Å². The number of aryl methyl sites for hydroxylation is 1. The first-order valence-electron chi connectivity index (χ1n) is 6.87. The number of nitriles is 1. The third kappa shape index (κ3) is 2.62. The molecule has 0 amide bonds. The van der Waals surface area contributed by atoms with Crippen LogP contribution in [-0.4, -0.2) is 26.4 Å². The van der Waals surface area contributed by atoms with Crippen molar-refractivity contribution in [3.8, 4) is 6.07 Å². The Balaban J connectivity index is 1.88. The van der Waals surface area contributed by atoms with E-state index in [1.165, 1.54) is 0 Å². The molecular formula is C16H15N5O. The predicted octanol–water partition coefficient (Wildman–Crippen LogP) is 1.99. The number of fused-ring (bicyclic) bond motifs is 1. The van der Waals surface area contributed by atoms with Crippen LogP contribution in [0.4, 0.5) is 5.69 Å². The Bertz CT molecular complexity index is 849. The van der Waals surface area contributed by atoms with Crippen molar-refractivity contribution in [1.82, 2.24) is 14.8 Å². The van der Waals surface area contributed by atoms with E-state index in [2.05, 4.69) is 21.5 Å². The van der Waals surface area contributed by atoms with Crippen LogP contribution in [-0.2, 0) is 7.05 Å². The van der Waals surface area contributed by atoms with Gasteiger partial charge in [0.25, 0.3) is 0 Å². The van der Waals surface area contributed by atoms with Crippen molar-refractivity contribution in [2.75, 3.05) is 11.9 Å². The summed E-state index contributed by atoms with van der Waals surface area (Å²) in [6, 6.07) is 9.72. The molecular weight excluding hydrogens is 278 g/mol. The molecule has 2 heterocycles. The van der Waals surface area contributed by atoms with Crippen molar-refractivity contribution in [2.45, 2.75) is 6.10 Å². The molecule has 0 saturated carbocycles. The Kier molecular flexibility index (Phi) is 3.73. The highest BCUT2D eigenvalue weighted by atomic mass is 16.3. The van der Waals surface area contributed by atoms with E-state index in [1.807, 2.05) is 24.3 Å². The maximum atomic E-state index is 10.2. The Labute approximate surface area is 127 Å². The van der Waals surface area contributed by atoms with Gasteiger partial charge in [-0.1, -0.05) is 18.2 Å². The number of aliphatic hydroxyl groups is 1. The summed E-state index contributed by atoms with van der Waals surface area (Å²) >= 11 is 0. The number of nitrogens with zero attached hydrogens (tertiary/aromatic N) is 4. The summed E-state index contributed by atoms with van der Waals surface area (Å²) in [5, 5.41) is 27.5. The van der Waals surface area contributed by atoms with Crippen LogP contribution in [0.1, 0.15) is 17.2 Å². The largest absolute Gasteiger partial charge is 0.386 e. The minimum atomic E-state index is -0.702. The number of rotatable bonds is 4. The third-order valence-corrected chi connectivity index (χ3v) is 3.48. The van der Waals surface area contributed by atoms with E-state index in [1.54, 1.807) is 30.3 Å². The normalized spacial score (nSPS) is 12.0. The van der Waals surface area contributed by atoms with Gasteiger partial charge in [-0.3, -0.25) is 9.67 Å². The van der Waals surface area contributed by atoms with Gasteiger partial charge in [-0.2, -0.15) is 10.4 Å². The number of aliphatic hydroxyl groups excluding tert-OH is 1. The van der Waals surface area contributed by atoms with Gasteiger partial charge in [0.15, 0.2) is 0 Å². The van der Waals surface area contributed by atoms with Crippen molar-refractivity contribution in [3.05, 3.63) is 54.0 Å². The van der Waals surface area contributed by atoms with Gasteiger partial charge in [0.1, 0.15) is 6.07 Å². The summed E-state index contributed by atoms with van der Waals surface area (Å²) in [5.41, 5.74) is 2.68. The Morgan fingerprint density at radius 3 is 2.91 bits per heavy atom. The smallest absolute Gasteiger partial charge is 0.103 e. The molecule has 1 unspecified atom stereocenters. The van der Waals surface area contributed by atoms with Crippen LogP contribution >= 0.6 is 0 Å². The number of para-hydroxylation sites is 1. The Morgan fingerprint density at radius 1 is 1.36 bits per heavy atom. The number of hydrogen-bond acceptors (Lipinski definition) is 5. The second kappa shape index (κ2) is 5.84. The van der Waals surface area contributed by atoms with Crippen LogP contribution in [0, 0.1) is 11.3 Å². The Hall–Kier alpha value is -2.91. The van der Waals surface area contributed by atoms with Crippen LogP contribution < -0.4 is 5.32 Å². The Morgan fingerprint density at radius 2 is 2.18 bits per heavy atom. The molecule has 1 atom stereocenters. The fourth-order valence-electron chi connectivity index (χ4n) is 2.35. The molecule has 0 aliphatic carbocycles. The summed E-state index contributed by atoms with van der Waals surface area (Å²) < 4.78 is 1.64. The number of anilines is 1. The molecule has 0 aliphatic rings. The van der Waals surface area contributed by atoms with E-state index in [9.17, 15) is 10.4 Å². The van der Waals surface area contributed by atoms with E-state index < -0.39 is 6.10 Å². The van der Waals surface area contributed by atoms with E-state index in [0.29, 0.717) is 11.3 Å². The lowest BCUT2D eigenvalue weighted by atomic mass is 10.1. The summed E-state index contributed by atoms with van der Waals surface area (Å²) in [4.78, 5) is 4.26. The topological polar surface area (TPSA) is 86.8 Å². The number of nitrogens with one attached hydrogen (secondary N) is 1. The first-order valence-corrected chi connectivity index (χ1v) is 6.87. The fourth-order valence-corrected chi connectivity index (χ4v) is 2.35. The van der Waals surface area contributed by atoms with Gasteiger partial charge < -0.3 is 10.4 Å². The number of pyridine rings is 1. The van der Waals surface area contributed by atoms with Crippen LogP contribution in [0.3, 0.4) is 0 Å². The van der Waals surface area contributed by atoms with Gasteiger partial charge in [0, 0.05) is 36.9 Å². The maximum absolute atomic E-state index is 10.2. The summed E-state index contributed by atoms with van der Waals surface area (Å²) in [5.74, 6) is 0. The fraction of sp³-hybridized carbons (Fsp3) is 0.188. The lowest BCUT2D eigenvalue weighted by Crippen LogP contribution is -2.13. The number of hydrogen-bond donors (Lipinski definition) is 2. The first-order chi connectivity index (χ1) is 10.7. The number of aromatic nitrogens is 3. The standard InChI is InChI=1S/C16H15N5O/c1-21-10-12(8-20-21)15(22)9-19-16-11(6-17)7-18-14-5-3-2-4-13(14)16/h2-5,7-8,10,15,22H,9H2,1H3,(H,18,19). The third-order valence-electron chi connectivity index (χ3n) is 3.48. The molecule has 0 radical (unpaired) electrons. The predicted molar refractivity (Wildman–Crippen MR) is 83.1 cm³/mol. The van der Waals surface area contributed by atoms with E-state index in [-0.39, 0.29) is 6.54 Å². The summed E-state index contributed by atoms with van der Waals surface area (Å²) in [6.07, 6.45) is 4.23. The minimum absolute atomic E-state index is 0.286. The van der Waals surface area contributed by atoms with E-state index in [4.69, 9.17) is 0 Å². The van der Waals surface area contributed by atoms with Gasteiger partial charge in [-0.25, -0.2) is 0 Å². The molecule has 0 saturated heterocycles. The van der Waals surface area contributed by atoms with Crippen molar-refractivity contribution in [1.29, 1.82) is 5.26 Å². The molecule has 6 nitrogen and oxygen atoms in total. The van der Waals surface area contributed by atoms with Crippen molar-refractivity contribution in [3.63, 3.8) is 0 Å². The SMILES string of the molecule is Cn1cc(C(O)CNc2c(C#N)cnc3ccccc23)cn1. The van der Waals surface area contributed by atoms with Gasteiger partial charge in [0.2, 0.25) is 0 Å². The zero-order chi connectivity index (χ0) is 15.5. The van der Waals surface area contributed by atoms with Gasteiger partial charge >= 0.3 is 0 Å². The molecule has 6 heteroatoms. The van der Waals surface area contributed by atoms with E-state index in [0.717, 1.165) is 16.5 Å². The second-order valence-electron chi connectivity index (χ2n) is 5.02. The van der Waals surface area contributed by atoms with Crippen LogP contribution in [0.5, 0.6) is 0 Å². The highest BCUT2D eigenvalue weighted by Gasteiger charge is 2.13. The van der Waals surface area contributed by atoms with Crippen molar-refractivity contribution >= 4 is 16.6 Å². The molecule has 110 valence electrons. The molecule has 0 aliphatic heterocycles. The lowest BCUT2D eigenvalue weighted by Gasteiger charge is -2.14. The average molecular weight is 293 g/mol. The molecule has 2 N–H and O–H groups in total. The van der Waals surface area contributed by atoms with Crippen LogP contribution in [0.2, 0.25) is 0 Å². The highest BCUT2D eigenvalue weighted by Crippen LogP contribution is 2.26. The second-order valence-corrected chi connectivity index (χ2v) is 5.02. The molecule has 0 fully saturated rings. The monoisotopic (exact) mass is 293 g/mol. The summed E-state index contributed by atoms with van der Waals surface area (Å²) in [7, 11) is 1.80. The van der Waals surface area contributed by atoms with E-state index >= 15 is 0 Å². The average Bonchev–Trinajstić information content (AvgIpc) is 2.98. The van der Waals surface area contributed by atoms with Crippen molar-refractivity contribution in [2.24, 2.45) is 7.05 Å². The molecule has 1 aromatic carbocycles. The first kappa shape index (κ1) is 14.0. The highest BCUT2D eigenvalue weighted by molar-refractivity contribution is 5.93. The molecule has 3 rings (SSSR count). The molecule has 3 aromatic rings. The zero-order valence-electron chi connectivity index (χ0n) is 12.1. The zero-order valence-corrected chi connectivity index (χ0v) is 12.1. The van der Waals surface area contributed by atoms with Crippen LogP contribution in [0.15, 0.2) is 42.9 Å². The molecule has 0 spiro atoms. The molecule has 22 heavy (non-hydrogen) atoms. The lowest BCUT2D eigenvalue weighted by molar-refractivity contribution is 0.191. The summed E-state index contributed by atoms with van der Waals surface area (Å²) in [6.45, 7) is 0.286. The van der Waals surface area contributed by atoms with Gasteiger partial charge in [-0.15, -0.1) is 0 Å². The van der Waals surface area contributed by atoms with Crippen molar-refractivity contribution < 1.29 is 5.11 Å². The maximum Gasteiger partial charge on any atom is 0.103 e. The number of benzene rings is 1. The minimum Gasteiger partial charge on any atom is -0.386 e.